The van der Waals surface area contributed by atoms with E-state index in [1.54, 1.807) is 7.11 Å². The van der Waals surface area contributed by atoms with Crippen molar-refractivity contribution < 1.29 is 4.74 Å². The van der Waals surface area contributed by atoms with Crippen molar-refractivity contribution in [3.8, 4) is 0 Å². The van der Waals surface area contributed by atoms with Crippen LogP contribution in [0.2, 0.25) is 0 Å². The summed E-state index contributed by atoms with van der Waals surface area (Å²) in [6.07, 6.45) is 2.37. The number of methoxy groups -OCH3 is 1. The fourth-order valence-corrected chi connectivity index (χ4v) is 1.70. The molecule has 0 fully saturated rings. The van der Waals surface area contributed by atoms with Gasteiger partial charge in [0, 0.05) is 26.2 Å². The van der Waals surface area contributed by atoms with Gasteiger partial charge in [0.15, 0.2) is 0 Å². The lowest BCUT2D eigenvalue weighted by Crippen LogP contribution is -2.40. The van der Waals surface area contributed by atoms with Gasteiger partial charge in [0.2, 0.25) is 0 Å². The molecule has 1 rings (SSSR count). The molecule has 96 valence electrons. The third-order valence-corrected chi connectivity index (χ3v) is 3.01. The molecule has 0 amide bonds. The van der Waals surface area contributed by atoms with Crippen molar-refractivity contribution in [1.82, 2.24) is 5.32 Å². The minimum Gasteiger partial charge on any atom is -0.380 e. The lowest BCUT2D eigenvalue weighted by molar-refractivity contribution is 0.114. The molecule has 3 nitrogen and oxygen atoms in total. The molecule has 0 aliphatic heterocycles. The van der Waals surface area contributed by atoms with E-state index in [4.69, 9.17) is 10.5 Å². The maximum Gasteiger partial charge on any atom is 0.0667 e. The zero-order valence-electron chi connectivity index (χ0n) is 10.9. The van der Waals surface area contributed by atoms with Crippen LogP contribution < -0.4 is 11.1 Å². The molecule has 0 spiro atoms. The van der Waals surface area contributed by atoms with E-state index in [0.29, 0.717) is 12.6 Å². The van der Waals surface area contributed by atoms with E-state index < -0.39 is 0 Å². The third-order valence-electron chi connectivity index (χ3n) is 3.01. The Kier molecular flexibility index (Phi) is 6.86. The molecule has 2 unspecified atom stereocenters. The van der Waals surface area contributed by atoms with Crippen molar-refractivity contribution >= 4 is 0 Å². The van der Waals surface area contributed by atoms with Gasteiger partial charge in [-0.1, -0.05) is 30.3 Å². The Balaban J connectivity index is 2.27. The highest BCUT2D eigenvalue weighted by molar-refractivity contribution is 5.14. The van der Waals surface area contributed by atoms with Gasteiger partial charge < -0.3 is 15.8 Å². The summed E-state index contributed by atoms with van der Waals surface area (Å²) in [5, 5.41) is 3.44. The standard InChI is InChI=1S/C14H24N2O/c1-12(17-2)11-16-14(10-15)9-8-13-6-4-3-5-7-13/h3-7,12,14,16H,8-11,15H2,1-2H3. The minimum absolute atomic E-state index is 0.237. The summed E-state index contributed by atoms with van der Waals surface area (Å²) in [5.74, 6) is 0. The van der Waals surface area contributed by atoms with Gasteiger partial charge in [0.05, 0.1) is 6.10 Å². The third kappa shape index (κ3) is 5.82. The lowest BCUT2D eigenvalue weighted by Gasteiger charge is -2.19. The Morgan fingerprint density at radius 3 is 2.59 bits per heavy atom. The van der Waals surface area contributed by atoms with Crippen molar-refractivity contribution in [3.63, 3.8) is 0 Å². The largest absolute Gasteiger partial charge is 0.380 e. The zero-order valence-corrected chi connectivity index (χ0v) is 10.9. The number of ether oxygens (including phenoxy) is 1. The van der Waals surface area contributed by atoms with Crippen LogP contribution in [0.15, 0.2) is 30.3 Å². The second kappa shape index (κ2) is 8.23. The van der Waals surface area contributed by atoms with Crippen molar-refractivity contribution in [2.75, 3.05) is 20.2 Å². The summed E-state index contributed by atoms with van der Waals surface area (Å²) < 4.78 is 5.20. The van der Waals surface area contributed by atoms with Gasteiger partial charge in [-0.15, -0.1) is 0 Å². The molecule has 3 heteroatoms. The van der Waals surface area contributed by atoms with Crippen LogP contribution in [0.3, 0.4) is 0 Å². The van der Waals surface area contributed by atoms with Gasteiger partial charge in [-0.25, -0.2) is 0 Å². The molecule has 1 aromatic rings. The molecular weight excluding hydrogens is 212 g/mol. The van der Waals surface area contributed by atoms with Crippen LogP contribution in [0.4, 0.5) is 0 Å². The van der Waals surface area contributed by atoms with Crippen molar-refractivity contribution in [1.29, 1.82) is 0 Å². The van der Waals surface area contributed by atoms with E-state index in [0.717, 1.165) is 19.4 Å². The van der Waals surface area contributed by atoms with Gasteiger partial charge >= 0.3 is 0 Å². The lowest BCUT2D eigenvalue weighted by atomic mass is 10.1. The van der Waals surface area contributed by atoms with Crippen LogP contribution in [0.5, 0.6) is 0 Å². The fraction of sp³-hybridized carbons (Fsp3) is 0.571. The van der Waals surface area contributed by atoms with Gasteiger partial charge in [0.25, 0.3) is 0 Å². The molecule has 0 aromatic heterocycles. The number of nitrogens with one attached hydrogen (secondary N) is 1. The number of aryl methyl sites for hydroxylation is 1. The average molecular weight is 236 g/mol. The molecule has 1 aromatic carbocycles. The Morgan fingerprint density at radius 2 is 2.00 bits per heavy atom. The molecule has 0 heterocycles. The van der Waals surface area contributed by atoms with E-state index in [1.807, 2.05) is 6.07 Å². The first-order valence-corrected chi connectivity index (χ1v) is 6.26. The molecule has 0 radical (unpaired) electrons. The van der Waals surface area contributed by atoms with Crippen LogP contribution in [-0.4, -0.2) is 32.3 Å². The highest BCUT2D eigenvalue weighted by Crippen LogP contribution is 2.04. The normalized spacial score (nSPS) is 14.5. The van der Waals surface area contributed by atoms with Crippen molar-refractivity contribution in [2.45, 2.75) is 31.9 Å². The molecule has 0 saturated heterocycles. The second-order valence-corrected chi connectivity index (χ2v) is 4.41. The quantitative estimate of drug-likeness (QED) is 0.720. The first-order chi connectivity index (χ1) is 8.26. The van der Waals surface area contributed by atoms with Crippen molar-refractivity contribution in [2.24, 2.45) is 5.73 Å². The summed E-state index contributed by atoms with van der Waals surface area (Å²) in [4.78, 5) is 0. The monoisotopic (exact) mass is 236 g/mol. The highest BCUT2D eigenvalue weighted by atomic mass is 16.5. The van der Waals surface area contributed by atoms with Gasteiger partial charge in [0.1, 0.15) is 0 Å². The molecule has 17 heavy (non-hydrogen) atoms. The Labute approximate surface area is 104 Å². The van der Waals surface area contributed by atoms with Crippen LogP contribution in [0, 0.1) is 0 Å². The number of rotatable bonds is 8. The SMILES string of the molecule is COC(C)CNC(CN)CCc1ccccc1. The summed E-state index contributed by atoms with van der Waals surface area (Å²) in [5.41, 5.74) is 7.13. The van der Waals surface area contributed by atoms with E-state index in [-0.39, 0.29) is 6.10 Å². The van der Waals surface area contributed by atoms with Crippen LogP contribution >= 0.6 is 0 Å². The van der Waals surface area contributed by atoms with E-state index in [9.17, 15) is 0 Å². The van der Waals surface area contributed by atoms with Crippen molar-refractivity contribution in [3.05, 3.63) is 35.9 Å². The van der Waals surface area contributed by atoms with Gasteiger partial charge in [-0.05, 0) is 25.3 Å². The summed E-state index contributed by atoms with van der Waals surface area (Å²) in [6, 6.07) is 10.9. The maximum absolute atomic E-state index is 5.76. The summed E-state index contributed by atoms with van der Waals surface area (Å²) >= 11 is 0. The van der Waals surface area contributed by atoms with E-state index >= 15 is 0 Å². The van der Waals surface area contributed by atoms with Crippen LogP contribution in [0.1, 0.15) is 18.9 Å². The minimum atomic E-state index is 0.237. The molecule has 0 aliphatic carbocycles. The summed E-state index contributed by atoms with van der Waals surface area (Å²) in [7, 11) is 1.73. The van der Waals surface area contributed by atoms with Gasteiger partial charge in [-0.3, -0.25) is 0 Å². The van der Waals surface area contributed by atoms with Crippen LogP contribution in [0.25, 0.3) is 0 Å². The maximum atomic E-state index is 5.76. The Hall–Kier alpha value is -0.900. The Morgan fingerprint density at radius 1 is 1.29 bits per heavy atom. The van der Waals surface area contributed by atoms with E-state index in [1.165, 1.54) is 5.56 Å². The molecular formula is C14H24N2O. The summed E-state index contributed by atoms with van der Waals surface area (Å²) in [6.45, 7) is 3.58. The van der Waals surface area contributed by atoms with E-state index in [2.05, 4.69) is 36.5 Å². The highest BCUT2D eigenvalue weighted by Gasteiger charge is 2.08. The first kappa shape index (κ1) is 14.2. The number of hydrogen-bond acceptors (Lipinski definition) is 3. The molecule has 2 atom stereocenters. The zero-order chi connectivity index (χ0) is 12.5. The molecule has 0 aliphatic rings. The number of hydrogen-bond donors (Lipinski definition) is 2. The predicted molar refractivity (Wildman–Crippen MR) is 72.1 cm³/mol. The number of benzene rings is 1. The average Bonchev–Trinajstić information content (AvgIpc) is 2.39. The molecule has 3 N–H and O–H groups in total. The second-order valence-electron chi connectivity index (χ2n) is 4.41. The fourth-order valence-electron chi connectivity index (χ4n) is 1.70. The first-order valence-electron chi connectivity index (χ1n) is 6.26. The predicted octanol–water partition coefficient (Wildman–Crippen LogP) is 1.57. The Bertz CT molecular complexity index is 290. The smallest absolute Gasteiger partial charge is 0.0667 e. The van der Waals surface area contributed by atoms with Crippen LogP contribution in [-0.2, 0) is 11.2 Å². The van der Waals surface area contributed by atoms with Gasteiger partial charge in [-0.2, -0.15) is 0 Å². The topological polar surface area (TPSA) is 47.3 Å². The molecule has 0 bridgehead atoms. The molecule has 0 saturated carbocycles. The number of nitrogens with two attached hydrogens (primary N) is 1.